The van der Waals surface area contributed by atoms with Gasteiger partial charge in [-0.1, -0.05) is 25.6 Å². The van der Waals surface area contributed by atoms with Crippen LogP contribution < -0.4 is 5.32 Å². The molecule has 6 heteroatoms. The lowest BCUT2D eigenvalue weighted by molar-refractivity contribution is -0.118. The average molecular weight is 295 g/mol. The van der Waals surface area contributed by atoms with Crippen molar-refractivity contribution in [1.29, 1.82) is 0 Å². The van der Waals surface area contributed by atoms with Crippen molar-refractivity contribution < 1.29 is 4.79 Å². The lowest BCUT2D eigenvalue weighted by atomic mass is 10.1. The predicted octanol–water partition coefficient (Wildman–Crippen LogP) is 2.95. The summed E-state index contributed by atoms with van der Waals surface area (Å²) in [5.74, 6) is 1.08. The molecule has 0 aliphatic carbocycles. The van der Waals surface area contributed by atoms with Gasteiger partial charge in [0.15, 0.2) is 0 Å². The minimum atomic E-state index is 0.0639. The second-order valence-corrected chi connectivity index (χ2v) is 6.52. The number of rotatable bonds is 6. The summed E-state index contributed by atoms with van der Waals surface area (Å²) in [6.07, 6.45) is 2.56. The van der Waals surface area contributed by atoms with E-state index in [0.29, 0.717) is 11.7 Å². The topological polar surface area (TPSA) is 54.9 Å². The van der Waals surface area contributed by atoms with Gasteiger partial charge >= 0.3 is 0 Å². The Morgan fingerprint density at radius 2 is 2.32 bits per heavy atom. The van der Waals surface area contributed by atoms with Gasteiger partial charge in [0.2, 0.25) is 5.91 Å². The Morgan fingerprint density at radius 3 is 3.11 bits per heavy atom. The van der Waals surface area contributed by atoms with Crippen molar-refractivity contribution in [2.24, 2.45) is 5.92 Å². The maximum atomic E-state index is 11.7. The van der Waals surface area contributed by atoms with E-state index >= 15 is 0 Å². The van der Waals surface area contributed by atoms with E-state index in [1.165, 1.54) is 11.8 Å². The Balaban J connectivity index is 1.85. The van der Waals surface area contributed by atoms with Crippen molar-refractivity contribution in [2.45, 2.75) is 25.3 Å². The van der Waals surface area contributed by atoms with Gasteiger partial charge in [-0.25, -0.2) is 9.97 Å². The number of fused-ring (bicyclic) bond motifs is 1. The molecule has 1 amide bonds. The zero-order valence-electron chi connectivity index (χ0n) is 11.0. The number of carbonyl (C=O) groups excluding carboxylic acids is 1. The van der Waals surface area contributed by atoms with E-state index in [-0.39, 0.29) is 5.91 Å². The molecular formula is C13H17N3OS2. The minimum absolute atomic E-state index is 0.0639. The third kappa shape index (κ3) is 4.18. The highest BCUT2D eigenvalue weighted by Crippen LogP contribution is 2.28. The molecule has 2 aromatic heterocycles. The Labute approximate surface area is 121 Å². The van der Waals surface area contributed by atoms with Crippen molar-refractivity contribution in [3.05, 3.63) is 17.8 Å². The molecule has 0 aliphatic heterocycles. The first-order valence-electron chi connectivity index (χ1n) is 6.24. The highest BCUT2D eigenvalue weighted by atomic mass is 32.2. The molecule has 2 rings (SSSR count). The molecule has 0 spiro atoms. The average Bonchev–Trinajstić information content (AvgIpc) is 2.84. The summed E-state index contributed by atoms with van der Waals surface area (Å²) in [5.41, 5.74) is 0.947. The quantitative estimate of drug-likeness (QED) is 0.657. The first-order chi connectivity index (χ1) is 9.16. The minimum Gasteiger partial charge on any atom is -0.355 e. The van der Waals surface area contributed by atoms with Crippen LogP contribution in [0.3, 0.4) is 0 Å². The summed E-state index contributed by atoms with van der Waals surface area (Å²) in [5, 5.41) is 5.81. The van der Waals surface area contributed by atoms with Crippen molar-refractivity contribution in [2.75, 3.05) is 12.3 Å². The third-order valence-corrected chi connectivity index (χ3v) is 4.62. The largest absolute Gasteiger partial charge is 0.355 e. The number of thioether (sulfide) groups is 1. The van der Waals surface area contributed by atoms with Crippen LogP contribution in [0.2, 0.25) is 0 Å². The number of hydrogen-bond donors (Lipinski definition) is 1. The molecule has 0 aliphatic rings. The van der Waals surface area contributed by atoms with Crippen LogP contribution >= 0.6 is 23.1 Å². The molecule has 0 unspecified atom stereocenters. The van der Waals surface area contributed by atoms with Crippen LogP contribution in [0, 0.1) is 5.92 Å². The van der Waals surface area contributed by atoms with E-state index in [0.717, 1.165) is 28.2 Å². The first-order valence-corrected chi connectivity index (χ1v) is 8.11. The highest BCUT2D eigenvalue weighted by molar-refractivity contribution is 8.00. The van der Waals surface area contributed by atoms with Crippen LogP contribution in [0.25, 0.3) is 10.2 Å². The second kappa shape index (κ2) is 6.86. The smallest absolute Gasteiger partial charge is 0.230 e. The Bertz CT molecular complexity index is 554. The molecule has 2 aromatic rings. The summed E-state index contributed by atoms with van der Waals surface area (Å²) < 4.78 is 1.06. The van der Waals surface area contributed by atoms with E-state index in [1.54, 1.807) is 17.7 Å². The van der Waals surface area contributed by atoms with Gasteiger partial charge in [-0.15, -0.1) is 11.3 Å². The van der Waals surface area contributed by atoms with Gasteiger partial charge in [0.25, 0.3) is 0 Å². The predicted molar refractivity (Wildman–Crippen MR) is 80.6 cm³/mol. The normalized spacial score (nSPS) is 11.1. The SMILES string of the molecule is CC(C)CCNC(=O)CSc1ncnc2ccsc12. The van der Waals surface area contributed by atoms with Crippen molar-refractivity contribution in [3.63, 3.8) is 0 Å². The highest BCUT2D eigenvalue weighted by Gasteiger charge is 2.08. The monoisotopic (exact) mass is 295 g/mol. The van der Waals surface area contributed by atoms with E-state index < -0.39 is 0 Å². The molecule has 0 aromatic carbocycles. The zero-order valence-corrected chi connectivity index (χ0v) is 12.7. The number of nitrogens with zero attached hydrogens (tertiary/aromatic N) is 2. The summed E-state index contributed by atoms with van der Waals surface area (Å²) in [6, 6.07) is 1.97. The molecule has 102 valence electrons. The standard InChI is InChI=1S/C13H17N3OS2/c1-9(2)3-5-14-11(17)7-19-13-12-10(4-6-18-12)15-8-16-13/h4,6,8-9H,3,5,7H2,1-2H3,(H,14,17). The fraction of sp³-hybridized carbons (Fsp3) is 0.462. The van der Waals surface area contributed by atoms with Crippen molar-refractivity contribution in [1.82, 2.24) is 15.3 Å². The first kappa shape index (κ1) is 14.3. The molecule has 0 radical (unpaired) electrons. The number of aromatic nitrogens is 2. The molecule has 0 saturated heterocycles. The Hall–Kier alpha value is -1.14. The van der Waals surface area contributed by atoms with Crippen LogP contribution in [0.4, 0.5) is 0 Å². The van der Waals surface area contributed by atoms with Crippen molar-refractivity contribution >= 4 is 39.2 Å². The molecule has 0 atom stereocenters. The summed E-state index contributed by atoms with van der Waals surface area (Å²) in [4.78, 5) is 20.1. The van der Waals surface area contributed by atoms with Gasteiger partial charge in [0.05, 0.1) is 16.0 Å². The molecule has 0 saturated carbocycles. The van der Waals surface area contributed by atoms with Crippen LogP contribution in [0.1, 0.15) is 20.3 Å². The van der Waals surface area contributed by atoms with Gasteiger partial charge in [-0.3, -0.25) is 4.79 Å². The fourth-order valence-electron chi connectivity index (χ4n) is 1.55. The lowest BCUT2D eigenvalue weighted by Gasteiger charge is -2.06. The molecule has 1 N–H and O–H groups in total. The molecule has 4 nitrogen and oxygen atoms in total. The summed E-state index contributed by atoms with van der Waals surface area (Å²) >= 11 is 3.08. The van der Waals surface area contributed by atoms with E-state index in [4.69, 9.17) is 0 Å². The number of amides is 1. The maximum Gasteiger partial charge on any atom is 0.230 e. The second-order valence-electron chi connectivity index (χ2n) is 4.63. The van der Waals surface area contributed by atoms with E-state index in [1.807, 2.05) is 11.4 Å². The van der Waals surface area contributed by atoms with Crippen molar-refractivity contribution in [3.8, 4) is 0 Å². The Kier molecular flexibility index (Phi) is 5.15. The lowest BCUT2D eigenvalue weighted by Crippen LogP contribution is -2.26. The van der Waals surface area contributed by atoms with Crippen LogP contribution in [0.15, 0.2) is 22.8 Å². The van der Waals surface area contributed by atoms with Gasteiger partial charge in [0.1, 0.15) is 11.4 Å². The van der Waals surface area contributed by atoms with Gasteiger partial charge in [-0.05, 0) is 23.8 Å². The fourth-order valence-corrected chi connectivity index (χ4v) is 3.33. The summed E-state index contributed by atoms with van der Waals surface area (Å²) in [6.45, 7) is 5.04. The molecular weight excluding hydrogens is 278 g/mol. The van der Waals surface area contributed by atoms with Gasteiger partial charge in [0, 0.05) is 6.54 Å². The van der Waals surface area contributed by atoms with Gasteiger partial charge in [-0.2, -0.15) is 0 Å². The maximum absolute atomic E-state index is 11.7. The van der Waals surface area contributed by atoms with Crippen LogP contribution in [-0.2, 0) is 4.79 Å². The molecule has 0 fully saturated rings. The van der Waals surface area contributed by atoms with Gasteiger partial charge < -0.3 is 5.32 Å². The number of carbonyl (C=O) groups is 1. The molecule has 0 bridgehead atoms. The molecule has 19 heavy (non-hydrogen) atoms. The zero-order chi connectivity index (χ0) is 13.7. The molecule has 2 heterocycles. The Morgan fingerprint density at radius 1 is 1.47 bits per heavy atom. The van der Waals surface area contributed by atoms with Crippen LogP contribution in [0.5, 0.6) is 0 Å². The van der Waals surface area contributed by atoms with E-state index in [2.05, 4.69) is 29.1 Å². The van der Waals surface area contributed by atoms with Crippen LogP contribution in [-0.4, -0.2) is 28.2 Å². The van der Waals surface area contributed by atoms with E-state index in [9.17, 15) is 4.79 Å². The number of thiophene rings is 1. The third-order valence-electron chi connectivity index (χ3n) is 2.59. The number of nitrogens with one attached hydrogen (secondary N) is 1. The summed E-state index contributed by atoms with van der Waals surface area (Å²) in [7, 11) is 0. The number of hydrogen-bond acceptors (Lipinski definition) is 5.